The molecule has 1 saturated carbocycles. The minimum Gasteiger partial charge on any atom is -0.352 e. The second kappa shape index (κ2) is 9.29. The van der Waals surface area contributed by atoms with Crippen molar-refractivity contribution in [3.05, 3.63) is 53.6 Å². The number of hydrogen-bond donors (Lipinski definition) is 1. The molecule has 0 unspecified atom stereocenters. The van der Waals surface area contributed by atoms with Crippen LogP contribution in [0.2, 0.25) is 0 Å². The van der Waals surface area contributed by atoms with Crippen molar-refractivity contribution in [3.8, 4) is 0 Å². The Morgan fingerprint density at radius 3 is 2.71 bits per heavy atom. The monoisotopic (exact) mass is 493 g/mol. The fourth-order valence-corrected chi connectivity index (χ4v) is 4.77. The highest BCUT2D eigenvalue weighted by atomic mass is 127. The Bertz CT molecular complexity index is 807. The molecule has 0 atom stereocenters. The number of aromatic nitrogens is 2. The zero-order valence-electron chi connectivity index (χ0n) is 17.0. The first-order valence-corrected chi connectivity index (χ1v) is 10.2. The third-order valence-corrected chi connectivity index (χ3v) is 6.33. The van der Waals surface area contributed by atoms with Crippen LogP contribution >= 0.6 is 24.0 Å². The molecule has 0 amide bonds. The summed E-state index contributed by atoms with van der Waals surface area (Å²) in [6.07, 6.45) is 10.8. The van der Waals surface area contributed by atoms with Crippen molar-refractivity contribution in [2.24, 2.45) is 10.4 Å². The highest BCUT2D eigenvalue weighted by Gasteiger charge is 2.41. The number of likely N-dealkylation sites (tertiary alicyclic amines) is 1. The molecule has 2 aromatic rings. The number of aryl methyl sites for hydroxylation is 1. The summed E-state index contributed by atoms with van der Waals surface area (Å²) in [4.78, 5) is 11.3. The summed E-state index contributed by atoms with van der Waals surface area (Å²) in [5.41, 5.74) is 3.16. The van der Waals surface area contributed by atoms with Gasteiger partial charge < -0.3 is 14.8 Å². The lowest BCUT2D eigenvalue weighted by Crippen LogP contribution is -2.40. The van der Waals surface area contributed by atoms with Gasteiger partial charge in [0.15, 0.2) is 5.96 Å². The zero-order chi connectivity index (χ0) is 18.7. The van der Waals surface area contributed by atoms with Gasteiger partial charge in [0, 0.05) is 45.6 Å². The van der Waals surface area contributed by atoms with Crippen LogP contribution in [0.15, 0.2) is 41.7 Å². The van der Waals surface area contributed by atoms with Crippen molar-refractivity contribution < 1.29 is 0 Å². The van der Waals surface area contributed by atoms with E-state index in [0.717, 1.165) is 31.4 Å². The van der Waals surface area contributed by atoms with E-state index in [9.17, 15) is 0 Å². The van der Waals surface area contributed by atoms with Crippen molar-refractivity contribution in [2.75, 3.05) is 20.1 Å². The van der Waals surface area contributed by atoms with E-state index < -0.39 is 0 Å². The lowest BCUT2D eigenvalue weighted by Gasteiger charge is -2.26. The van der Waals surface area contributed by atoms with Gasteiger partial charge in [0.1, 0.15) is 5.82 Å². The molecule has 0 radical (unpaired) electrons. The molecule has 6 heteroatoms. The molecular formula is C22H32IN5. The number of nitrogens with one attached hydrogen (secondary N) is 1. The van der Waals surface area contributed by atoms with Crippen LogP contribution in [0.5, 0.6) is 0 Å². The molecule has 1 aromatic heterocycles. The Kier molecular flexibility index (Phi) is 7.01. The van der Waals surface area contributed by atoms with Crippen molar-refractivity contribution in [1.82, 2.24) is 19.8 Å². The Balaban J connectivity index is 0.00000225. The van der Waals surface area contributed by atoms with Crippen LogP contribution in [-0.4, -0.2) is 40.5 Å². The first kappa shape index (κ1) is 21.1. The van der Waals surface area contributed by atoms with E-state index in [4.69, 9.17) is 0 Å². The number of nitrogens with zero attached hydrogens (tertiary/aromatic N) is 4. The van der Waals surface area contributed by atoms with Crippen LogP contribution in [0.3, 0.4) is 0 Å². The SMILES string of the molecule is CN=C(NCc1cccc(Cn2ccnc2C)c1)N1CCC2(CCCC2)C1.I. The van der Waals surface area contributed by atoms with Crippen molar-refractivity contribution >= 4 is 29.9 Å². The van der Waals surface area contributed by atoms with E-state index in [2.05, 4.69) is 49.0 Å². The van der Waals surface area contributed by atoms with Gasteiger partial charge in [-0.25, -0.2) is 4.98 Å². The van der Waals surface area contributed by atoms with Gasteiger partial charge in [-0.1, -0.05) is 37.1 Å². The molecule has 0 bridgehead atoms. The fourth-order valence-electron chi connectivity index (χ4n) is 4.77. The highest BCUT2D eigenvalue weighted by molar-refractivity contribution is 14.0. The molecule has 5 nitrogen and oxygen atoms in total. The van der Waals surface area contributed by atoms with Gasteiger partial charge in [-0.2, -0.15) is 0 Å². The van der Waals surface area contributed by atoms with E-state index in [-0.39, 0.29) is 24.0 Å². The van der Waals surface area contributed by atoms with E-state index in [1.165, 1.54) is 49.8 Å². The molecule has 1 spiro atoms. The summed E-state index contributed by atoms with van der Waals surface area (Å²) in [7, 11) is 1.90. The van der Waals surface area contributed by atoms with Gasteiger partial charge in [-0.15, -0.1) is 24.0 Å². The molecule has 2 fully saturated rings. The van der Waals surface area contributed by atoms with Crippen LogP contribution in [-0.2, 0) is 13.1 Å². The number of aliphatic imine (C=N–C) groups is 1. The van der Waals surface area contributed by atoms with E-state index in [1.807, 2.05) is 26.4 Å². The second-order valence-corrected chi connectivity index (χ2v) is 8.20. The predicted molar refractivity (Wildman–Crippen MR) is 125 cm³/mol. The molecule has 152 valence electrons. The maximum Gasteiger partial charge on any atom is 0.193 e. The average molecular weight is 493 g/mol. The van der Waals surface area contributed by atoms with Gasteiger partial charge in [0.05, 0.1) is 0 Å². The van der Waals surface area contributed by atoms with Gasteiger partial charge >= 0.3 is 0 Å². The van der Waals surface area contributed by atoms with Gasteiger partial charge in [0.25, 0.3) is 0 Å². The first-order valence-electron chi connectivity index (χ1n) is 10.2. The Labute approximate surface area is 185 Å². The third-order valence-electron chi connectivity index (χ3n) is 6.33. The Morgan fingerprint density at radius 2 is 2.00 bits per heavy atom. The number of rotatable bonds is 4. The van der Waals surface area contributed by atoms with Gasteiger partial charge in [0.2, 0.25) is 0 Å². The van der Waals surface area contributed by atoms with Crippen LogP contribution in [0.4, 0.5) is 0 Å². The zero-order valence-corrected chi connectivity index (χ0v) is 19.4. The Hall–Kier alpha value is -1.57. The minimum atomic E-state index is 0. The molecule has 2 aliphatic rings. The highest BCUT2D eigenvalue weighted by Crippen LogP contribution is 2.45. The van der Waals surface area contributed by atoms with Crippen LogP contribution in [0.25, 0.3) is 0 Å². The van der Waals surface area contributed by atoms with Crippen LogP contribution in [0.1, 0.15) is 49.1 Å². The van der Waals surface area contributed by atoms with Gasteiger partial charge in [-0.3, -0.25) is 4.99 Å². The molecule has 4 rings (SSSR count). The standard InChI is InChI=1S/C22H31N5.HI/c1-18-24-11-13-26(18)16-20-7-5-6-19(14-20)15-25-21(23-2)27-12-10-22(17-27)8-3-4-9-22;/h5-7,11,13-14H,3-4,8-10,12,15-17H2,1-2H3,(H,23,25);1H. The normalized spacial score (nSPS) is 18.5. The van der Waals surface area contributed by atoms with Crippen LogP contribution < -0.4 is 5.32 Å². The molecule has 1 aliphatic carbocycles. The number of benzene rings is 1. The lowest BCUT2D eigenvalue weighted by molar-refractivity contribution is 0.309. The topological polar surface area (TPSA) is 45.5 Å². The van der Waals surface area contributed by atoms with E-state index >= 15 is 0 Å². The smallest absolute Gasteiger partial charge is 0.193 e. The molecule has 28 heavy (non-hydrogen) atoms. The molecule has 1 aromatic carbocycles. The maximum atomic E-state index is 4.55. The lowest BCUT2D eigenvalue weighted by atomic mass is 9.86. The van der Waals surface area contributed by atoms with E-state index in [1.54, 1.807) is 0 Å². The van der Waals surface area contributed by atoms with E-state index in [0.29, 0.717) is 5.41 Å². The number of hydrogen-bond acceptors (Lipinski definition) is 2. The third kappa shape index (κ3) is 4.70. The van der Waals surface area contributed by atoms with Crippen molar-refractivity contribution in [3.63, 3.8) is 0 Å². The molecule has 1 N–H and O–H groups in total. The van der Waals surface area contributed by atoms with Gasteiger partial charge in [-0.05, 0) is 42.7 Å². The quantitative estimate of drug-likeness (QED) is 0.395. The number of guanidine groups is 1. The summed E-state index contributed by atoms with van der Waals surface area (Å²) >= 11 is 0. The van der Waals surface area contributed by atoms with Crippen molar-refractivity contribution in [1.29, 1.82) is 0 Å². The molecule has 1 saturated heterocycles. The molecule has 1 aliphatic heterocycles. The summed E-state index contributed by atoms with van der Waals surface area (Å²) in [5.74, 6) is 2.10. The first-order chi connectivity index (χ1) is 13.2. The molecule has 2 heterocycles. The number of imidazole rings is 1. The second-order valence-electron chi connectivity index (χ2n) is 8.20. The predicted octanol–water partition coefficient (Wildman–Crippen LogP) is 4.20. The summed E-state index contributed by atoms with van der Waals surface area (Å²) in [6, 6.07) is 8.79. The fraction of sp³-hybridized carbons (Fsp3) is 0.545. The average Bonchev–Trinajstić information content (AvgIpc) is 3.41. The summed E-state index contributed by atoms with van der Waals surface area (Å²) in [6.45, 7) is 6.03. The summed E-state index contributed by atoms with van der Waals surface area (Å²) in [5, 5.41) is 3.59. The summed E-state index contributed by atoms with van der Waals surface area (Å²) < 4.78 is 2.18. The largest absolute Gasteiger partial charge is 0.352 e. The number of halogens is 1. The van der Waals surface area contributed by atoms with Crippen molar-refractivity contribution in [2.45, 2.75) is 52.1 Å². The molecular weight excluding hydrogens is 461 g/mol. The van der Waals surface area contributed by atoms with Crippen LogP contribution in [0, 0.1) is 12.3 Å². The minimum absolute atomic E-state index is 0. The Morgan fingerprint density at radius 1 is 1.21 bits per heavy atom. The maximum absolute atomic E-state index is 4.55.